The van der Waals surface area contributed by atoms with Crippen molar-refractivity contribution in [2.45, 2.75) is 25.8 Å². The fourth-order valence-corrected chi connectivity index (χ4v) is 1.72. The maximum Gasteiger partial charge on any atom is 0.198 e. The Balaban J connectivity index is 2.00. The van der Waals surface area contributed by atoms with Crippen LogP contribution in [-0.4, -0.2) is 23.2 Å². The van der Waals surface area contributed by atoms with Crippen LogP contribution in [0.15, 0.2) is 34.9 Å². The van der Waals surface area contributed by atoms with E-state index in [0.717, 1.165) is 17.7 Å². The molecule has 0 spiro atoms. The Morgan fingerprint density at radius 1 is 1.33 bits per heavy atom. The molecule has 0 bridgehead atoms. The lowest BCUT2D eigenvalue weighted by Crippen LogP contribution is -2.23. The maximum atomic E-state index is 9.21. The first-order valence-electron chi connectivity index (χ1n) is 6.06. The van der Waals surface area contributed by atoms with Crippen LogP contribution in [0, 0.1) is 0 Å². The van der Waals surface area contributed by atoms with Crippen molar-refractivity contribution < 1.29 is 9.52 Å². The summed E-state index contributed by atoms with van der Waals surface area (Å²) in [5.41, 5.74) is 1.07. The minimum absolute atomic E-state index is 0.273. The number of benzene rings is 1. The van der Waals surface area contributed by atoms with Gasteiger partial charge in [-0.1, -0.05) is 12.1 Å². The first-order valence-corrected chi connectivity index (χ1v) is 6.06. The van der Waals surface area contributed by atoms with Gasteiger partial charge in [-0.05, 0) is 31.7 Å². The number of phenolic OH excluding ortho intramolecular Hbond substituents is 1. The monoisotopic (exact) mass is 246 g/mol. The highest BCUT2D eigenvalue weighted by atomic mass is 16.4. The van der Waals surface area contributed by atoms with Gasteiger partial charge in [-0.15, -0.1) is 0 Å². The lowest BCUT2D eigenvalue weighted by atomic mass is 10.1. The second-order valence-electron chi connectivity index (χ2n) is 4.46. The molecule has 1 aromatic carbocycles. The topological polar surface area (TPSA) is 58.3 Å². The van der Waals surface area contributed by atoms with E-state index in [1.807, 2.05) is 19.2 Å². The molecule has 1 atom stereocenters. The molecule has 2 N–H and O–H groups in total. The van der Waals surface area contributed by atoms with Gasteiger partial charge in [-0.2, -0.15) is 0 Å². The molecule has 1 aromatic heterocycles. The molecule has 0 saturated carbocycles. The molecule has 0 aliphatic heterocycles. The van der Waals surface area contributed by atoms with E-state index >= 15 is 0 Å². The highest BCUT2D eigenvalue weighted by Crippen LogP contribution is 2.14. The second kappa shape index (κ2) is 5.69. The number of oxazole rings is 1. The zero-order valence-corrected chi connectivity index (χ0v) is 10.7. The summed E-state index contributed by atoms with van der Waals surface area (Å²) in [6, 6.07) is 7.45. The summed E-state index contributed by atoms with van der Waals surface area (Å²) in [4.78, 5) is 4.26. The van der Waals surface area contributed by atoms with Gasteiger partial charge >= 0.3 is 0 Å². The van der Waals surface area contributed by atoms with Gasteiger partial charge < -0.3 is 14.8 Å². The molecule has 0 radical (unpaired) electrons. The average molecular weight is 246 g/mol. The number of nitrogens with zero attached hydrogens (tertiary/aromatic N) is 1. The van der Waals surface area contributed by atoms with Crippen molar-refractivity contribution >= 4 is 0 Å². The van der Waals surface area contributed by atoms with Gasteiger partial charge in [-0.3, -0.25) is 0 Å². The van der Waals surface area contributed by atoms with Crippen molar-refractivity contribution in [3.8, 4) is 5.75 Å². The van der Waals surface area contributed by atoms with Crippen molar-refractivity contribution in [2.24, 2.45) is 0 Å². The number of likely N-dealkylation sites (N-methyl/N-ethyl adjacent to an activating group) is 1. The van der Waals surface area contributed by atoms with Crippen LogP contribution in [0.5, 0.6) is 5.75 Å². The summed E-state index contributed by atoms with van der Waals surface area (Å²) in [5.74, 6) is 1.87. The molecule has 0 saturated heterocycles. The highest BCUT2D eigenvalue weighted by Gasteiger charge is 2.08. The minimum atomic E-state index is 0.273. The molecule has 0 fully saturated rings. The predicted octanol–water partition coefficient (Wildman–Crippen LogP) is 2.12. The molecule has 4 nitrogen and oxygen atoms in total. The number of aromatic hydroxyl groups is 1. The van der Waals surface area contributed by atoms with E-state index in [4.69, 9.17) is 4.42 Å². The van der Waals surface area contributed by atoms with Crippen LogP contribution in [0.2, 0.25) is 0 Å². The number of hydrogen-bond donors (Lipinski definition) is 2. The number of phenols is 1. The molecule has 0 amide bonds. The van der Waals surface area contributed by atoms with Crippen LogP contribution in [0.1, 0.15) is 24.1 Å². The SMILES string of the molecule is CNC(C)Cc1cnc(Cc2ccc(O)cc2)o1. The zero-order valence-electron chi connectivity index (χ0n) is 10.7. The Kier molecular flexibility index (Phi) is 3.99. The second-order valence-corrected chi connectivity index (χ2v) is 4.46. The number of nitrogens with one attached hydrogen (secondary N) is 1. The Bertz CT molecular complexity index is 491. The number of hydrogen-bond acceptors (Lipinski definition) is 4. The molecule has 2 aromatic rings. The van der Waals surface area contributed by atoms with Crippen molar-refractivity contribution in [3.63, 3.8) is 0 Å². The third-order valence-corrected chi connectivity index (χ3v) is 2.89. The zero-order chi connectivity index (χ0) is 13.0. The molecule has 0 aliphatic rings. The van der Waals surface area contributed by atoms with Gasteiger partial charge in [0.15, 0.2) is 5.89 Å². The molecule has 1 unspecified atom stereocenters. The molecule has 18 heavy (non-hydrogen) atoms. The summed E-state index contributed by atoms with van der Waals surface area (Å²) in [6.45, 7) is 2.10. The van der Waals surface area contributed by atoms with Crippen molar-refractivity contribution in [3.05, 3.63) is 47.7 Å². The third kappa shape index (κ3) is 3.34. The van der Waals surface area contributed by atoms with Crippen molar-refractivity contribution in [1.29, 1.82) is 0 Å². The fourth-order valence-electron chi connectivity index (χ4n) is 1.72. The standard InChI is InChI=1S/C14H18N2O2/c1-10(15-2)7-13-9-16-14(18-13)8-11-3-5-12(17)6-4-11/h3-6,9-10,15,17H,7-8H2,1-2H3. The number of aromatic nitrogens is 1. The number of rotatable bonds is 5. The van der Waals surface area contributed by atoms with Crippen LogP contribution >= 0.6 is 0 Å². The molecule has 2 rings (SSSR count). The summed E-state index contributed by atoms with van der Waals surface area (Å²) in [5, 5.41) is 12.4. The van der Waals surface area contributed by atoms with E-state index in [2.05, 4.69) is 17.2 Å². The van der Waals surface area contributed by atoms with Gasteiger partial charge in [0.25, 0.3) is 0 Å². The van der Waals surface area contributed by atoms with E-state index in [0.29, 0.717) is 18.4 Å². The highest BCUT2D eigenvalue weighted by molar-refractivity contribution is 5.27. The van der Waals surface area contributed by atoms with Crippen LogP contribution in [0.4, 0.5) is 0 Å². The largest absolute Gasteiger partial charge is 0.508 e. The van der Waals surface area contributed by atoms with Crippen LogP contribution in [0.3, 0.4) is 0 Å². The first-order chi connectivity index (χ1) is 8.67. The van der Waals surface area contributed by atoms with Gasteiger partial charge in [0.1, 0.15) is 11.5 Å². The van der Waals surface area contributed by atoms with Crippen LogP contribution < -0.4 is 5.32 Å². The summed E-state index contributed by atoms with van der Waals surface area (Å²) >= 11 is 0. The Labute approximate surface area is 107 Å². The molecule has 0 aliphatic carbocycles. The van der Waals surface area contributed by atoms with E-state index in [1.54, 1.807) is 18.3 Å². The lowest BCUT2D eigenvalue weighted by Gasteiger charge is -2.06. The van der Waals surface area contributed by atoms with Gasteiger partial charge in [0.2, 0.25) is 0 Å². The molecule has 1 heterocycles. The summed E-state index contributed by atoms with van der Waals surface area (Å²) in [7, 11) is 1.93. The Hall–Kier alpha value is -1.81. The maximum absolute atomic E-state index is 9.21. The van der Waals surface area contributed by atoms with E-state index in [-0.39, 0.29) is 5.75 Å². The predicted molar refractivity (Wildman–Crippen MR) is 69.6 cm³/mol. The molecular weight excluding hydrogens is 228 g/mol. The quantitative estimate of drug-likeness (QED) is 0.848. The Morgan fingerprint density at radius 2 is 2.06 bits per heavy atom. The van der Waals surface area contributed by atoms with E-state index in [1.165, 1.54) is 0 Å². The molecular formula is C14H18N2O2. The van der Waals surface area contributed by atoms with Crippen molar-refractivity contribution in [1.82, 2.24) is 10.3 Å². The summed E-state index contributed by atoms with van der Waals surface area (Å²) in [6.07, 6.45) is 3.26. The normalized spacial score (nSPS) is 12.6. The molecule has 4 heteroatoms. The van der Waals surface area contributed by atoms with E-state index in [9.17, 15) is 5.11 Å². The van der Waals surface area contributed by atoms with E-state index < -0.39 is 0 Å². The third-order valence-electron chi connectivity index (χ3n) is 2.89. The minimum Gasteiger partial charge on any atom is -0.508 e. The Morgan fingerprint density at radius 3 is 2.72 bits per heavy atom. The van der Waals surface area contributed by atoms with Crippen LogP contribution in [0.25, 0.3) is 0 Å². The first kappa shape index (κ1) is 12.6. The summed E-state index contributed by atoms with van der Waals surface area (Å²) < 4.78 is 5.68. The fraction of sp³-hybridized carbons (Fsp3) is 0.357. The lowest BCUT2D eigenvalue weighted by molar-refractivity contribution is 0.440. The smallest absolute Gasteiger partial charge is 0.198 e. The molecule has 96 valence electrons. The van der Waals surface area contributed by atoms with Crippen LogP contribution in [-0.2, 0) is 12.8 Å². The van der Waals surface area contributed by atoms with Gasteiger partial charge in [0.05, 0.1) is 6.20 Å². The van der Waals surface area contributed by atoms with Gasteiger partial charge in [-0.25, -0.2) is 4.98 Å². The van der Waals surface area contributed by atoms with Gasteiger partial charge in [0, 0.05) is 18.9 Å². The average Bonchev–Trinajstić information content (AvgIpc) is 2.79. The van der Waals surface area contributed by atoms with Crippen molar-refractivity contribution in [2.75, 3.05) is 7.05 Å².